The van der Waals surface area contributed by atoms with Gasteiger partial charge in [0.1, 0.15) is 6.54 Å². The van der Waals surface area contributed by atoms with Crippen LogP contribution < -0.4 is 20.4 Å². The van der Waals surface area contributed by atoms with Gasteiger partial charge in [-0.15, -0.1) is 0 Å². The highest BCUT2D eigenvalue weighted by molar-refractivity contribution is 6.11. The first-order chi connectivity index (χ1) is 13.1. The van der Waals surface area contributed by atoms with Crippen LogP contribution in [-0.4, -0.2) is 37.4 Å². The normalized spacial score (nSPS) is 16.1. The summed E-state index contributed by atoms with van der Waals surface area (Å²) in [6.45, 7) is 0.704. The number of benzene rings is 2. The molecule has 2 N–H and O–H groups in total. The van der Waals surface area contributed by atoms with Crippen molar-refractivity contribution in [3.8, 4) is 0 Å². The summed E-state index contributed by atoms with van der Waals surface area (Å²) in [6.07, 6.45) is 1.39. The van der Waals surface area contributed by atoms with Crippen LogP contribution in [0.2, 0.25) is 0 Å². The van der Waals surface area contributed by atoms with E-state index < -0.39 is 0 Å². The Morgan fingerprint density at radius 3 is 2.56 bits per heavy atom. The summed E-state index contributed by atoms with van der Waals surface area (Å²) in [5.41, 5.74) is 2.83. The van der Waals surface area contributed by atoms with Gasteiger partial charge in [-0.3, -0.25) is 19.3 Å². The minimum atomic E-state index is -0.217. The van der Waals surface area contributed by atoms with E-state index in [1.807, 2.05) is 42.5 Å². The van der Waals surface area contributed by atoms with E-state index in [0.29, 0.717) is 24.3 Å². The van der Waals surface area contributed by atoms with E-state index in [1.54, 1.807) is 11.0 Å². The smallest absolute Gasteiger partial charge is 0.246 e. The molecule has 27 heavy (non-hydrogen) atoms. The highest BCUT2D eigenvalue weighted by atomic mass is 16.2. The lowest BCUT2D eigenvalue weighted by Gasteiger charge is -2.29. The van der Waals surface area contributed by atoms with Crippen molar-refractivity contribution >= 4 is 40.5 Å². The van der Waals surface area contributed by atoms with Crippen LogP contribution in [0.3, 0.4) is 0 Å². The maximum atomic E-state index is 12.8. The minimum absolute atomic E-state index is 0.0101. The number of nitrogens with one attached hydrogen (secondary N) is 2. The monoisotopic (exact) mass is 364 g/mol. The maximum Gasteiger partial charge on any atom is 0.246 e. The Hall–Kier alpha value is -3.35. The van der Waals surface area contributed by atoms with Gasteiger partial charge >= 0.3 is 0 Å². The minimum Gasteiger partial charge on any atom is -0.374 e. The van der Waals surface area contributed by atoms with Crippen LogP contribution in [0.4, 0.5) is 22.7 Å². The van der Waals surface area contributed by atoms with Crippen LogP contribution in [0.25, 0.3) is 0 Å². The van der Waals surface area contributed by atoms with Crippen LogP contribution in [0.1, 0.15) is 12.8 Å². The summed E-state index contributed by atoms with van der Waals surface area (Å²) < 4.78 is 0. The molecule has 0 unspecified atom stereocenters. The fourth-order valence-corrected chi connectivity index (χ4v) is 3.48. The van der Waals surface area contributed by atoms with Gasteiger partial charge in [0.2, 0.25) is 17.7 Å². The van der Waals surface area contributed by atoms with Crippen molar-refractivity contribution in [1.29, 1.82) is 0 Å². The number of carbonyl (C=O) groups is 3. The van der Waals surface area contributed by atoms with Gasteiger partial charge in [0.25, 0.3) is 0 Å². The number of nitrogens with zero attached hydrogens (tertiary/aromatic N) is 2. The van der Waals surface area contributed by atoms with E-state index >= 15 is 0 Å². The number of rotatable bonds is 4. The van der Waals surface area contributed by atoms with Crippen molar-refractivity contribution in [1.82, 2.24) is 0 Å². The Morgan fingerprint density at radius 2 is 1.78 bits per heavy atom. The summed E-state index contributed by atoms with van der Waals surface area (Å²) in [5.74, 6) is -0.331. The van der Waals surface area contributed by atoms with Crippen LogP contribution in [-0.2, 0) is 14.4 Å². The Bertz CT molecular complexity index is 912. The van der Waals surface area contributed by atoms with Crippen molar-refractivity contribution in [2.45, 2.75) is 12.8 Å². The molecular formula is C20H20N4O3. The molecule has 2 aliphatic rings. The highest BCUT2D eigenvalue weighted by Crippen LogP contribution is 2.31. The molecule has 0 atom stereocenters. The lowest BCUT2D eigenvalue weighted by Crippen LogP contribution is -2.44. The molecule has 1 fully saturated rings. The van der Waals surface area contributed by atoms with Gasteiger partial charge in [-0.2, -0.15) is 0 Å². The second-order valence-corrected chi connectivity index (χ2v) is 6.56. The second kappa shape index (κ2) is 7.11. The maximum absolute atomic E-state index is 12.8. The molecule has 0 aliphatic carbocycles. The number of anilines is 4. The molecule has 7 nitrogen and oxygen atoms in total. The molecule has 7 heteroatoms. The summed E-state index contributed by atoms with van der Waals surface area (Å²) in [4.78, 5) is 40.0. The van der Waals surface area contributed by atoms with E-state index in [-0.39, 0.29) is 30.8 Å². The zero-order chi connectivity index (χ0) is 18.8. The van der Waals surface area contributed by atoms with Crippen LogP contribution in [0.5, 0.6) is 0 Å². The fourth-order valence-electron chi connectivity index (χ4n) is 3.48. The highest BCUT2D eigenvalue weighted by Gasteiger charge is 2.27. The molecule has 2 aromatic rings. The molecule has 3 amide bonds. The molecule has 0 aromatic heterocycles. The Balaban J connectivity index is 1.51. The average molecular weight is 364 g/mol. The lowest BCUT2D eigenvalue weighted by molar-refractivity contribution is -0.120. The molecule has 1 saturated heterocycles. The Morgan fingerprint density at radius 1 is 1.04 bits per heavy atom. The molecule has 138 valence electrons. The van der Waals surface area contributed by atoms with Gasteiger partial charge < -0.3 is 15.5 Å². The summed E-state index contributed by atoms with van der Waals surface area (Å²) >= 11 is 0. The fraction of sp³-hybridized carbons (Fsp3) is 0.250. The molecular weight excluding hydrogens is 344 g/mol. The van der Waals surface area contributed by atoms with Gasteiger partial charge in [-0.25, -0.2) is 0 Å². The largest absolute Gasteiger partial charge is 0.374 e. The quantitative estimate of drug-likeness (QED) is 0.872. The molecule has 0 spiro atoms. The zero-order valence-corrected chi connectivity index (χ0v) is 14.8. The van der Waals surface area contributed by atoms with Gasteiger partial charge in [-0.05, 0) is 30.7 Å². The number of hydrogen-bond acceptors (Lipinski definition) is 4. The topological polar surface area (TPSA) is 81.8 Å². The van der Waals surface area contributed by atoms with Gasteiger partial charge in [0, 0.05) is 13.0 Å². The van der Waals surface area contributed by atoms with E-state index in [2.05, 4.69) is 10.6 Å². The third-order valence-electron chi connectivity index (χ3n) is 4.77. The molecule has 0 bridgehead atoms. The molecule has 0 radical (unpaired) electrons. The van der Waals surface area contributed by atoms with Crippen molar-refractivity contribution < 1.29 is 14.4 Å². The predicted octanol–water partition coefficient (Wildman–Crippen LogP) is 2.21. The molecule has 0 saturated carbocycles. The van der Waals surface area contributed by atoms with Crippen molar-refractivity contribution in [3.63, 3.8) is 0 Å². The van der Waals surface area contributed by atoms with Crippen molar-refractivity contribution in [2.75, 3.05) is 40.1 Å². The van der Waals surface area contributed by atoms with E-state index in [4.69, 9.17) is 0 Å². The van der Waals surface area contributed by atoms with E-state index in [0.717, 1.165) is 17.8 Å². The van der Waals surface area contributed by atoms with Crippen molar-refractivity contribution in [3.05, 3.63) is 48.5 Å². The van der Waals surface area contributed by atoms with Crippen LogP contribution >= 0.6 is 0 Å². The van der Waals surface area contributed by atoms with E-state index in [9.17, 15) is 14.4 Å². The SMILES string of the molecule is O=C1CN(C(=O)CNc2ccccc2N2CCCC2=O)c2ccccc2N1. The lowest BCUT2D eigenvalue weighted by atomic mass is 10.2. The van der Waals surface area contributed by atoms with E-state index in [1.165, 1.54) is 4.90 Å². The van der Waals surface area contributed by atoms with Gasteiger partial charge in [0.05, 0.1) is 29.3 Å². The number of fused-ring (bicyclic) bond motifs is 1. The first-order valence-electron chi connectivity index (χ1n) is 8.96. The molecule has 2 heterocycles. The number of carbonyl (C=O) groups excluding carboxylic acids is 3. The summed E-state index contributed by atoms with van der Waals surface area (Å²) in [6, 6.07) is 14.7. The van der Waals surface area contributed by atoms with Gasteiger partial charge in [0.15, 0.2) is 0 Å². The Kier molecular flexibility index (Phi) is 4.50. The van der Waals surface area contributed by atoms with Crippen LogP contribution in [0.15, 0.2) is 48.5 Å². The third-order valence-corrected chi connectivity index (χ3v) is 4.77. The first-order valence-corrected chi connectivity index (χ1v) is 8.96. The summed E-state index contributed by atoms with van der Waals surface area (Å²) in [5, 5.41) is 5.91. The standard InChI is InChI=1S/C20H20N4O3/c25-18-13-24(17-9-4-2-7-15(17)22-18)20(27)12-21-14-6-1-3-8-16(14)23-11-5-10-19(23)26/h1-4,6-9,21H,5,10-13H2,(H,22,25). The van der Waals surface area contributed by atoms with Crippen molar-refractivity contribution in [2.24, 2.45) is 0 Å². The summed E-state index contributed by atoms with van der Waals surface area (Å²) in [7, 11) is 0. The average Bonchev–Trinajstić information content (AvgIpc) is 3.11. The zero-order valence-electron chi connectivity index (χ0n) is 14.8. The molecule has 2 aliphatic heterocycles. The van der Waals surface area contributed by atoms with Crippen LogP contribution in [0, 0.1) is 0 Å². The Labute approximate surface area is 157 Å². The molecule has 4 rings (SSSR count). The number of amides is 3. The molecule has 2 aromatic carbocycles. The second-order valence-electron chi connectivity index (χ2n) is 6.56. The third kappa shape index (κ3) is 3.36. The number of para-hydroxylation sites is 4. The number of hydrogen-bond donors (Lipinski definition) is 2. The van der Waals surface area contributed by atoms with Gasteiger partial charge in [-0.1, -0.05) is 24.3 Å². The predicted molar refractivity (Wildman–Crippen MR) is 104 cm³/mol. The first kappa shape index (κ1) is 17.1.